The van der Waals surface area contributed by atoms with Crippen LogP contribution in [0, 0.1) is 0 Å². The van der Waals surface area contributed by atoms with Crippen molar-refractivity contribution in [1.29, 1.82) is 0 Å². The van der Waals surface area contributed by atoms with Crippen molar-refractivity contribution in [3.8, 4) is 0 Å². The molecule has 6 nitrogen and oxygen atoms in total. The van der Waals surface area contributed by atoms with Crippen LogP contribution in [0.25, 0.3) is 0 Å². The predicted molar refractivity (Wildman–Crippen MR) is 72.8 cm³/mol. The first kappa shape index (κ1) is 21.7. The summed E-state index contributed by atoms with van der Waals surface area (Å²) in [7, 11) is -12.0. The second kappa shape index (κ2) is 7.47. The predicted octanol–water partition coefficient (Wildman–Crippen LogP) is 2.20. The first-order valence-corrected chi connectivity index (χ1v) is 9.09. The molecule has 1 rings (SSSR count). The highest BCUT2D eigenvalue weighted by atomic mass is 32.2. The van der Waals surface area contributed by atoms with Crippen molar-refractivity contribution in [2.24, 2.45) is 0 Å². The highest BCUT2D eigenvalue weighted by molar-refractivity contribution is 7.90. The van der Waals surface area contributed by atoms with E-state index >= 15 is 0 Å². The molecule has 1 aromatic carbocycles. The molecule has 0 aliphatic heterocycles. The first-order chi connectivity index (χ1) is 11.2. The van der Waals surface area contributed by atoms with Gasteiger partial charge in [0.25, 0.3) is 0 Å². The van der Waals surface area contributed by atoms with Crippen LogP contribution in [0.2, 0.25) is 0 Å². The van der Waals surface area contributed by atoms with E-state index in [1.54, 1.807) is 0 Å². The Morgan fingerprint density at radius 1 is 0.880 bits per heavy atom. The van der Waals surface area contributed by atoms with E-state index in [1.807, 2.05) is 0 Å². The lowest BCUT2D eigenvalue weighted by atomic mass is 10.2. The second-order valence-electron chi connectivity index (χ2n) is 4.49. The van der Waals surface area contributed by atoms with Gasteiger partial charge < -0.3 is 0 Å². The maximum absolute atomic E-state index is 12.7. The molecule has 0 saturated carbocycles. The third-order valence-corrected chi connectivity index (χ3v) is 5.32. The molecule has 0 aliphatic rings. The minimum atomic E-state index is -6.05. The van der Waals surface area contributed by atoms with Crippen LogP contribution in [0.15, 0.2) is 30.3 Å². The molecule has 144 valence electrons. The standard InChI is InChI=1S/C11H11F6NO5S2/c12-10(13,14)24(19,20)18(8-9-4-2-1-3-5-9)6-7-23-25(21,22)11(15,16)17/h1-5H,6-8H2. The summed E-state index contributed by atoms with van der Waals surface area (Å²) in [5.41, 5.74) is -11.4. The third-order valence-electron chi connectivity index (χ3n) is 2.70. The van der Waals surface area contributed by atoms with Crippen LogP contribution in [0.1, 0.15) is 5.56 Å². The summed E-state index contributed by atoms with van der Waals surface area (Å²) in [6.45, 7) is -3.53. The summed E-state index contributed by atoms with van der Waals surface area (Å²) in [5.74, 6) is 0. The zero-order valence-electron chi connectivity index (χ0n) is 12.1. The number of hydrogen-bond donors (Lipinski definition) is 0. The topological polar surface area (TPSA) is 80.8 Å². The van der Waals surface area contributed by atoms with E-state index in [-0.39, 0.29) is 9.87 Å². The van der Waals surface area contributed by atoms with Gasteiger partial charge >= 0.3 is 31.2 Å². The van der Waals surface area contributed by atoms with Crippen molar-refractivity contribution in [3.05, 3.63) is 35.9 Å². The molecule has 0 spiro atoms. The fraction of sp³-hybridized carbons (Fsp3) is 0.455. The largest absolute Gasteiger partial charge is 0.523 e. The average molecular weight is 415 g/mol. The Bertz CT molecular complexity index is 773. The Kier molecular flexibility index (Phi) is 6.47. The molecule has 0 aliphatic carbocycles. The number of benzene rings is 1. The van der Waals surface area contributed by atoms with Crippen molar-refractivity contribution in [2.75, 3.05) is 13.2 Å². The van der Waals surface area contributed by atoms with Gasteiger partial charge in [-0.2, -0.15) is 39.1 Å². The number of hydrogen-bond acceptors (Lipinski definition) is 5. The zero-order valence-corrected chi connectivity index (χ0v) is 13.7. The van der Waals surface area contributed by atoms with E-state index in [0.29, 0.717) is 0 Å². The maximum atomic E-state index is 12.7. The van der Waals surface area contributed by atoms with Gasteiger partial charge in [0.2, 0.25) is 0 Å². The van der Waals surface area contributed by atoms with Crippen LogP contribution < -0.4 is 0 Å². The van der Waals surface area contributed by atoms with Gasteiger partial charge in [-0.25, -0.2) is 8.42 Å². The van der Waals surface area contributed by atoms with Crippen molar-refractivity contribution >= 4 is 20.1 Å². The zero-order chi connectivity index (χ0) is 19.5. The number of rotatable bonds is 7. The van der Waals surface area contributed by atoms with E-state index in [4.69, 9.17) is 0 Å². The van der Waals surface area contributed by atoms with Gasteiger partial charge in [0, 0.05) is 13.1 Å². The maximum Gasteiger partial charge on any atom is 0.523 e. The van der Waals surface area contributed by atoms with Crippen molar-refractivity contribution in [2.45, 2.75) is 17.6 Å². The summed E-state index contributed by atoms with van der Waals surface area (Å²) in [6.07, 6.45) is 0. The van der Waals surface area contributed by atoms with Crippen LogP contribution in [-0.2, 0) is 30.9 Å². The molecule has 25 heavy (non-hydrogen) atoms. The van der Waals surface area contributed by atoms with Crippen molar-refractivity contribution in [1.82, 2.24) is 4.31 Å². The lowest BCUT2D eigenvalue weighted by Crippen LogP contribution is -2.42. The van der Waals surface area contributed by atoms with Gasteiger partial charge in [0.15, 0.2) is 0 Å². The summed E-state index contributed by atoms with van der Waals surface area (Å²) < 4.78 is 122. The minimum Gasteiger partial charge on any atom is -0.262 e. The quantitative estimate of drug-likeness (QED) is 0.388. The lowest BCUT2D eigenvalue weighted by molar-refractivity contribution is -0.0555. The van der Waals surface area contributed by atoms with Crippen molar-refractivity contribution < 1.29 is 47.4 Å². The van der Waals surface area contributed by atoms with E-state index in [1.165, 1.54) is 30.3 Å². The van der Waals surface area contributed by atoms with Gasteiger partial charge in [-0.15, -0.1) is 0 Å². The molecule has 0 radical (unpaired) electrons. The van der Waals surface area contributed by atoms with Gasteiger partial charge in [0.1, 0.15) is 0 Å². The number of alkyl halides is 6. The number of halogens is 6. The second-order valence-corrected chi connectivity index (χ2v) is 8.03. The highest BCUT2D eigenvalue weighted by Crippen LogP contribution is 2.28. The minimum absolute atomic E-state index is 0.106. The molecule has 0 atom stereocenters. The molecular weight excluding hydrogens is 404 g/mol. The van der Waals surface area contributed by atoms with Crippen LogP contribution in [0.3, 0.4) is 0 Å². The smallest absolute Gasteiger partial charge is 0.262 e. The van der Waals surface area contributed by atoms with Gasteiger partial charge in [-0.05, 0) is 5.56 Å². The van der Waals surface area contributed by atoms with Crippen LogP contribution >= 0.6 is 0 Å². The molecule has 14 heteroatoms. The van der Waals surface area contributed by atoms with E-state index < -0.39 is 50.9 Å². The molecule has 0 N–H and O–H groups in total. The molecule has 0 unspecified atom stereocenters. The summed E-state index contributed by atoms with van der Waals surface area (Å²) >= 11 is 0. The molecule has 0 fully saturated rings. The fourth-order valence-corrected chi connectivity index (χ4v) is 2.89. The normalized spacial score (nSPS) is 14.0. The van der Waals surface area contributed by atoms with E-state index in [2.05, 4.69) is 4.18 Å². The number of nitrogens with zero attached hydrogens (tertiary/aromatic N) is 1. The van der Waals surface area contributed by atoms with Crippen LogP contribution in [-0.4, -0.2) is 45.3 Å². The molecule has 0 heterocycles. The summed E-state index contributed by atoms with van der Waals surface area (Å²) in [6, 6.07) is 6.88. The van der Waals surface area contributed by atoms with Gasteiger partial charge in [-0.1, -0.05) is 30.3 Å². The molecule has 0 saturated heterocycles. The Morgan fingerprint density at radius 3 is 1.84 bits per heavy atom. The fourth-order valence-electron chi connectivity index (χ4n) is 1.53. The summed E-state index contributed by atoms with van der Waals surface area (Å²) in [4.78, 5) is 0. The SMILES string of the molecule is O=S(=O)(OCCN(Cc1ccccc1)S(=O)(=O)C(F)(F)F)C(F)(F)F. The molecule has 1 aromatic rings. The first-order valence-electron chi connectivity index (χ1n) is 6.24. The average Bonchev–Trinajstić information content (AvgIpc) is 2.44. The molecular formula is C11H11F6NO5S2. The number of sulfonamides is 1. The lowest BCUT2D eigenvalue weighted by Gasteiger charge is -2.23. The Labute approximate surface area is 139 Å². The van der Waals surface area contributed by atoms with Gasteiger partial charge in [0.05, 0.1) is 6.61 Å². The van der Waals surface area contributed by atoms with Crippen LogP contribution in [0.4, 0.5) is 26.3 Å². The third kappa shape index (κ3) is 5.55. The molecule has 0 aromatic heterocycles. The Balaban J connectivity index is 2.97. The molecule has 0 bridgehead atoms. The Morgan fingerprint density at radius 2 is 1.40 bits per heavy atom. The van der Waals surface area contributed by atoms with Gasteiger partial charge in [-0.3, -0.25) is 4.18 Å². The summed E-state index contributed by atoms with van der Waals surface area (Å²) in [5, 5.41) is 0. The van der Waals surface area contributed by atoms with Crippen molar-refractivity contribution in [3.63, 3.8) is 0 Å². The van der Waals surface area contributed by atoms with Crippen LogP contribution in [0.5, 0.6) is 0 Å². The van der Waals surface area contributed by atoms with E-state index in [0.717, 1.165) is 0 Å². The van der Waals surface area contributed by atoms with E-state index in [9.17, 15) is 43.2 Å². The monoisotopic (exact) mass is 415 g/mol. The highest BCUT2D eigenvalue weighted by Gasteiger charge is 2.50. The molecule has 0 amide bonds. The Hall–Kier alpha value is -1.38.